The Morgan fingerprint density at radius 1 is 1.53 bits per heavy atom. The maximum absolute atomic E-state index is 5.06. The minimum absolute atomic E-state index is 0.393. The largest absolute Gasteiger partial charge is 0.383 e. The van der Waals surface area contributed by atoms with Gasteiger partial charge in [0.15, 0.2) is 0 Å². The Hall–Kier alpha value is -1.33. The Kier molecular flexibility index (Phi) is 4.99. The summed E-state index contributed by atoms with van der Waals surface area (Å²) >= 11 is 1.81. The SMILES string of the molecule is COCCNc1nc(C)cn1C(C)Cc1cccs1. The molecule has 2 aromatic rings. The first-order valence-electron chi connectivity index (χ1n) is 6.51. The molecule has 19 heavy (non-hydrogen) atoms. The number of aromatic nitrogens is 2. The van der Waals surface area contributed by atoms with Gasteiger partial charge in [-0.05, 0) is 25.3 Å². The highest BCUT2D eigenvalue weighted by atomic mass is 32.1. The summed E-state index contributed by atoms with van der Waals surface area (Å²) in [6, 6.07) is 4.68. The van der Waals surface area contributed by atoms with E-state index >= 15 is 0 Å². The van der Waals surface area contributed by atoms with Crippen LogP contribution in [0.5, 0.6) is 0 Å². The number of thiophene rings is 1. The fraction of sp³-hybridized carbons (Fsp3) is 0.500. The van der Waals surface area contributed by atoms with Gasteiger partial charge in [0.05, 0.1) is 12.3 Å². The molecule has 0 saturated heterocycles. The molecular weight excluding hydrogens is 258 g/mol. The number of ether oxygens (including phenoxy) is 1. The van der Waals surface area contributed by atoms with Crippen LogP contribution in [0.2, 0.25) is 0 Å². The average Bonchev–Trinajstić information content (AvgIpc) is 2.99. The van der Waals surface area contributed by atoms with Crippen molar-refractivity contribution >= 4 is 17.3 Å². The fourth-order valence-electron chi connectivity index (χ4n) is 2.07. The second-order valence-electron chi connectivity index (χ2n) is 4.67. The van der Waals surface area contributed by atoms with E-state index in [-0.39, 0.29) is 0 Å². The maximum Gasteiger partial charge on any atom is 0.203 e. The summed E-state index contributed by atoms with van der Waals surface area (Å²) in [5, 5.41) is 5.45. The van der Waals surface area contributed by atoms with Gasteiger partial charge in [-0.15, -0.1) is 11.3 Å². The van der Waals surface area contributed by atoms with E-state index in [1.807, 2.05) is 6.92 Å². The molecule has 0 aliphatic rings. The molecule has 0 saturated carbocycles. The van der Waals surface area contributed by atoms with Crippen LogP contribution in [0.3, 0.4) is 0 Å². The van der Waals surface area contributed by atoms with Gasteiger partial charge in [0, 0.05) is 37.2 Å². The summed E-state index contributed by atoms with van der Waals surface area (Å²) in [7, 11) is 1.71. The molecule has 2 heterocycles. The van der Waals surface area contributed by atoms with E-state index in [2.05, 4.69) is 45.5 Å². The summed E-state index contributed by atoms with van der Waals surface area (Å²) in [5.74, 6) is 0.929. The molecule has 0 aliphatic carbocycles. The number of hydrogen-bond acceptors (Lipinski definition) is 4. The number of aryl methyl sites for hydroxylation is 1. The predicted molar refractivity (Wildman–Crippen MR) is 80.1 cm³/mol. The van der Waals surface area contributed by atoms with Gasteiger partial charge in [-0.1, -0.05) is 6.07 Å². The third-order valence-corrected chi connectivity index (χ3v) is 3.89. The van der Waals surface area contributed by atoms with Gasteiger partial charge in [0.1, 0.15) is 0 Å². The quantitative estimate of drug-likeness (QED) is 0.792. The highest BCUT2D eigenvalue weighted by Crippen LogP contribution is 2.22. The van der Waals surface area contributed by atoms with Crippen molar-refractivity contribution in [3.63, 3.8) is 0 Å². The van der Waals surface area contributed by atoms with Crippen molar-refractivity contribution in [1.82, 2.24) is 9.55 Å². The first-order chi connectivity index (χ1) is 9.20. The number of imidazole rings is 1. The summed E-state index contributed by atoms with van der Waals surface area (Å²) < 4.78 is 7.27. The number of rotatable bonds is 7. The monoisotopic (exact) mass is 279 g/mol. The highest BCUT2D eigenvalue weighted by molar-refractivity contribution is 7.09. The zero-order valence-electron chi connectivity index (χ0n) is 11.7. The van der Waals surface area contributed by atoms with Crippen LogP contribution >= 0.6 is 11.3 Å². The van der Waals surface area contributed by atoms with Crippen LogP contribution in [0.1, 0.15) is 23.5 Å². The summed E-state index contributed by atoms with van der Waals surface area (Å²) in [6.07, 6.45) is 3.14. The van der Waals surface area contributed by atoms with Crippen molar-refractivity contribution in [2.24, 2.45) is 0 Å². The van der Waals surface area contributed by atoms with Crippen molar-refractivity contribution in [3.8, 4) is 0 Å². The first-order valence-corrected chi connectivity index (χ1v) is 7.39. The Balaban J connectivity index is 2.05. The van der Waals surface area contributed by atoms with Gasteiger partial charge in [0.25, 0.3) is 0 Å². The van der Waals surface area contributed by atoms with E-state index in [4.69, 9.17) is 4.74 Å². The fourth-order valence-corrected chi connectivity index (χ4v) is 2.89. The van der Waals surface area contributed by atoms with Crippen LogP contribution in [0.25, 0.3) is 0 Å². The first kappa shape index (κ1) is 14.1. The number of hydrogen-bond donors (Lipinski definition) is 1. The van der Waals surface area contributed by atoms with Crippen LogP contribution in [-0.2, 0) is 11.2 Å². The van der Waals surface area contributed by atoms with E-state index in [0.717, 1.165) is 24.6 Å². The van der Waals surface area contributed by atoms with E-state index in [1.54, 1.807) is 18.4 Å². The Morgan fingerprint density at radius 3 is 3.05 bits per heavy atom. The van der Waals surface area contributed by atoms with Crippen LogP contribution in [0.15, 0.2) is 23.7 Å². The Bertz CT molecular complexity index is 493. The zero-order chi connectivity index (χ0) is 13.7. The van der Waals surface area contributed by atoms with E-state index in [1.165, 1.54) is 4.88 Å². The molecule has 4 nitrogen and oxygen atoms in total. The highest BCUT2D eigenvalue weighted by Gasteiger charge is 2.12. The molecular formula is C14H21N3OS. The lowest BCUT2D eigenvalue weighted by Gasteiger charge is -2.16. The van der Waals surface area contributed by atoms with Gasteiger partial charge in [-0.3, -0.25) is 0 Å². The predicted octanol–water partition coefficient (Wildman–Crippen LogP) is 3.12. The van der Waals surface area contributed by atoms with Gasteiger partial charge in [-0.2, -0.15) is 0 Å². The lowest BCUT2D eigenvalue weighted by atomic mass is 10.2. The second kappa shape index (κ2) is 6.73. The van der Waals surface area contributed by atoms with E-state index in [9.17, 15) is 0 Å². The summed E-state index contributed by atoms with van der Waals surface area (Å²) in [4.78, 5) is 5.94. The molecule has 0 amide bonds. The molecule has 0 bridgehead atoms. The molecule has 2 rings (SSSR count). The summed E-state index contributed by atoms with van der Waals surface area (Å²) in [6.45, 7) is 5.71. The summed E-state index contributed by atoms with van der Waals surface area (Å²) in [5.41, 5.74) is 1.04. The third-order valence-electron chi connectivity index (χ3n) is 2.99. The molecule has 2 aromatic heterocycles. The van der Waals surface area contributed by atoms with Crippen LogP contribution in [0, 0.1) is 6.92 Å². The standard InChI is InChI=1S/C14H21N3OS/c1-11-10-17(14(16-11)15-6-7-18-3)12(2)9-13-5-4-8-19-13/h4-5,8,10,12H,6-7,9H2,1-3H3,(H,15,16). The van der Waals surface area contributed by atoms with Crippen molar-refractivity contribution in [1.29, 1.82) is 0 Å². The minimum atomic E-state index is 0.393. The molecule has 0 fully saturated rings. The number of nitrogens with zero attached hydrogens (tertiary/aromatic N) is 2. The van der Waals surface area contributed by atoms with Crippen molar-refractivity contribution in [3.05, 3.63) is 34.3 Å². The molecule has 0 spiro atoms. The smallest absolute Gasteiger partial charge is 0.203 e. The van der Waals surface area contributed by atoms with E-state index in [0.29, 0.717) is 12.6 Å². The molecule has 0 aromatic carbocycles. The molecule has 104 valence electrons. The molecule has 1 atom stereocenters. The van der Waals surface area contributed by atoms with Gasteiger partial charge in [0.2, 0.25) is 5.95 Å². The molecule has 0 radical (unpaired) electrons. The third kappa shape index (κ3) is 3.81. The van der Waals surface area contributed by atoms with E-state index < -0.39 is 0 Å². The Morgan fingerprint density at radius 2 is 2.37 bits per heavy atom. The van der Waals surface area contributed by atoms with Crippen molar-refractivity contribution in [2.75, 3.05) is 25.6 Å². The maximum atomic E-state index is 5.06. The second-order valence-corrected chi connectivity index (χ2v) is 5.70. The minimum Gasteiger partial charge on any atom is -0.383 e. The normalized spacial score (nSPS) is 12.6. The molecule has 0 aliphatic heterocycles. The van der Waals surface area contributed by atoms with Crippen LogP contribution in [0.4, 0.5) is 5.95 Å². The van der Waals surface area contributed by atoms with Gasteiger partial charge >= 0.3 is 0 Å². The topological polar surface area (TPSA) is 39.1 Å². The molecule has 1 N–H and O–H groups in total. The zero-order valence-corrected chi connectivity index (χ0v) is 12.5. The number of anilines is 1. The van der Waals surface area contributed by atoms with Crippen LogP contribution in [-0.4, -0.2) is 29.8 Å². The molecule has 5 heteroatoms. The van der Waals surface area contributed by atoms with Crippen molar-refractivity contribution < 1.29 is 4.74 Å². The number of methoxy groups -OCH3 is 1. The van der Waals surface area contributed by atoms with Gasteiger partial charge < -0.3 is 14.6 Å². The average molecular weight is 279 g/mol. The lowest BCUT2D eigenvalue weighted by molar-refractivity contribution is 0.210. The molecule has 1 unspecified atom stereocenters. The number of nitrogens with one attached hydrogen (secondary N) is 1. The van der Waals surface area contributed by atoms with Gasteiger partial charge in [-0.25, -0.2) is 4.98 Å². The Labute approximate surface area is 118 Å². The lowest BCUT2D eigenvalue weighted by Crippen LogP contribution is -2.15. The van der Waals surface area contributed by atoms with Crippen LogP contribution < -0.4 is 5.32 Å². The van der Waals surface area contributed by atoms with Crippen molar-refractivity contribution in [2.45, 2.75) is 26.3 Å².